The summed E-state index contributed by atoms with van der Waals surface area (Å²) in [6, 6.07) is 0. The monoisotopic (exact) mass is 438 g/mol. The Morgan fingerprint density at radius 1 is 0.667 bits per heavy atom. The lowest BCUT2D eigenvalue weighted by molar-refractivity contribution is -0.440. The maximum Gasteiger partial charge on any atom is 0.460 e. The van der Waals surface area contributed by atoms with Crippen molar-refractivity contribution in [2.24, 2.45) is 0 Å². The third-order valence-corrected chi connectivity index (χ3v) is 3.08. The summed E-state index contributed by atoms with van der Waals surface area (Å²) in [5.41, 5.74) is 0. The van der Waals surface area contributed by atoms with Crippen LogP contribution in [0.2, 0.25) is 0 Å². The third kappa shape index (κ3) is 4.52. The number of hydrogen-bond donors (Lipinski definition) is 2. The van der Waals surface area contributed by atoms with Crippen LogP contribution >= 0.6 is 0 Å². The first-order valence-corrected chi connectivity index (χ1v) is 6.53. The quantitative estimate of drug-likeness (QED) is 0.406. The molecule has 0 aromatic rings. The second-order valence-corrected chi connectivity index (χ2v) is 5.16. The molecule has 0 aromatic heterocycles. The van der Waals surface area contributed by atoms with Crippen LogP contribution in [0.3, 0.4) is 0 Å². The first-order valence-electron chi connectivity index (χ1n) is 6.53. The largest absolute Gasteiger partial charge is 0.460 e. The van der Waals surface area contributed by atoms with E-state index in [0.29, 0.717) is 0 Å². The van der Waals surface area contributed by atoms with Crippen LogP contribution in [0.4, 0.5) is 57.1 Å². The van der Waals surface area contributed by atoms with Crippen molar-refractivity contribution in [3.63, 3.8) is 0 Å². The van der Waals surface area contributed by atoms with Gasteiger partial charge in [-0.1, -0.05) is 0 Å². The second-order valence-electron chi connectivity index (χ2n) is 5.16. The van der Waals surface area contributed by atoms with E-state index in [0.717, 1.165) is 0 Å². The average molecular weight is 438 g/mol. The zero-order valence-electron chi connectivity index (χ0n) is 12.6. The van der Waals surface area contributed by atoms with Gasteiger partial charge in [0.05, 0.1) is 19.8 Å². The summed E-state index contributed by atoms with van der Waals surface area (Å²) in [6.45, 7) is -3.61. The molecule has 0 saturated carbocycles. The first kappa shape index (κ1) is 26.0. The number of rotatable bonds is 10. The lowest BCUT2D eigenvalue weighted by atomic mass is 9.93. The molecule has 164 valence electrons. The van der Waals surface area contributed by atoms with Gasteiger partial charge in [-0.05, 0) is 0 Å². The first-order chi connectivity index (χ1) is 11.7. The van der Waals surface area contributed by atoms with E-state index in [4.69, 9.17) is 10.2 Å². The highest BCUT2D eigenvalue weighted by Gasteiger charge is 2.90. The van der Waals surface area contributed by atoms with E-state index in [2.05, 4.69) is 4.74 Å². The van der Waals surface area contributed by atoms with Gasteiger partial charge in [-0.25, -0.2) is 0 Å². The Hall–Kier alpha value is -1.03. The number of halogens is 13. The van der Waals surface area contributed by atoms with Gasteiger partial charge in [0.25, 0.3) is 0 Å². The summed E-state index contributed by atoms with van der Waals surface area (Å²) < 4.78 is 170. The summed E-state index contributed by atoms with van der Waals surface area (Å²) >= 11 is 0. The molecule has 0 aromatic carbocycles. The minimum absolute atomic E-state index is 0.989. The SMILES string of the molecule is OC[C@@H](O)COCCC(F)(F)C(F)(F)C(F)(F)C(F)(F)C(F)(F)C(F)(F)F. The molecule has 0 radical (unpaired) electrons. The number of ether oxygens (including phenoxy) is 1. The fourth-order valence-corrected chi connectivity index (χ4v) is 1.43. The lowest BCUT2D eigenvalue weighted by Gasteiger charge is -2.39. The summed E-state index contributed by atoms with van der Waals surface area (Å²) in [5, 5.41) is 17.0. The predicted molar refractivity (Wildman–Crippen MR) is 59.3 cm³/mol. The lowest BCUT2D eigenvalue weighted by Crippen LogP contribution is -2.70. The van der Waals surface area contributed by atoms with Crippen molar-refractivity contribution in [2.75, 3.05) is 19.8 Å². The Balaban J connectivity index is 5.62. The number of hydrogen-bond acceptors (Lipinski definition) is 3. The molecule has 0 aliphatic heterocycles. The molecule has 2 N–H and O–H groups in total. The number of aliphatic hydroxyl groups is 2. The van der Waals surface area contributed by atoms with Gasteiger partial charge in [0, 0.05) is 6.42 Å². The molecule has 3 nitrogen and oxygen atoms in total. The van der Waals surface area contributed by atoms with Crippen LogP contribution in [0.15, 0.2) is 0 Å². The highest BCUT2D eigenvalue weighted by molar-refractivity contribution is 5.10. The molecule has 0 aliphatic rings. The maximum absolute atomic E-state index is 13.2. The summed E-state index contributed by atoms with van der Waals surface area (Å²) in [5.74, 6) is -37.1. The summed E-state index contributed by atoms with van der Waals surface area (Å²) in [7, 11) is 0. The molecule has 0 fully saturated rings. The van der Waals surface area contributed by atoms with Gasteiger partial charge < -0.3 is 14.9 Å². The topological polar surface area (TPSA) is 49.7 Å². The standard InChI is InChI=1S/C11H11F13O3/c12-6(13,1-2-27-4-5(26)3-25)7(14,15)8(16,17)9(18,19)10(20,21)11(22,23)24/h5,25-26H,1-4H2/t5-/m1/s1. The van der Waals surface area contributed by atoms with E-state index in [1.807, 2.05) is 0 Å². The van der Waals surface area contributed by atoms with Crippen molar-refractivity contribution < 1.29 is 72.0 Å². The van der Waals surface area contributed by atoms with E-state index < -0.39 is 68.1 Å². The zero-order valence-corrected chi connectivity index (χ0v) is 12.6. The molecule has 0 unspecified atom stereocenters. The average Bonchev–Trinajstić information content (AvgIpc) is 2.49. The normalized spacial score (nSPS) is 16.6. The molecular formula is C11H11F13O3. The van der Waals surface area contributed by atoms with Crippen LogP contribution in [0.5, 0.6) is 0 Å². The van der Waals surface area contributed by atoms with Crippen molar-refractivity contribution in [1.82, 2.24) is 0 Å². The van der Waals surface area contributed by atoms with Gasteiger partial charge in [0.15, 0.2) is 0 Å². The fourth-order valence-electron chi connectivity index (χ4n) is 1.43. The van der Waals surface area contributed by atoms with Gasteiger partial charge >= 0.3 is 35.8 Å². The molecule has 0 amide bonds. The van der Waals surface area contributed by atoms with Gasteiger partial charge in [0.1, 0.15) is 6.10 Å². The third-order valence-electron chi connectivity index (χ3n) is 3.08. The maximum atomic E-state index is 13.2. The Bertz CT molecular complexity index is 488. The summed E-state index contributed by atoms with van der Waals surface area (Å²) in [6.07, 6.45) is -11.7. The van der Waals surface area contributed by atoms with E-state index in [1.54, 1.807) is 0 Å². The van der Waals surface area contributed by atoms with E-state index in [1.165, 1.54) is 0 Å². The fraction of sp³-hybridized carbons (Fsp3) is 1.00. The number of alkyl halides is 13. The predicted octanol–water partition coefficient (Wildman–Crippen LogP) is 3.49. The van der Waals surface area contributed by atoms with Gasteiger partial charge in [-0.2, -0.15) is 57.1 Å². The van der Waals surface area contributed by atoms with E-state index >= 15 is 0 Å². The van der Waals surface area contributed by atoms with Crippen LogP contribution in [0, 0.1) is 0 Å². The molecule has 0 bridgehead atoms. The Kier molecular flexibility index (Phi) is 7.47. The molecule has 0 saturated heterocycles. The van der Waals surface area contributed by atoms with Crippen LogP contribution in [-0.4, -0.2) is 71.9 Å². The van der Waals surface area contributed by atoms with Crippen LogP contribution < -0.4 is 0 Å². The Morgan fingerprint density at radius 2 is 1.07 bits per heavy atom. The number of aliphatic hydroxyl groups excluding tert-OH is 2. The van der Waals surface area contributed by atoms with E-state index in [9.17, 15) is 57.1 Å². The van der Waals surface area contributed by atoms with Crippen molar-refractivity contribution in [3.05, 3.63) is 0 Å². The molecule has 0 spiro atoms. The molecule has 0 rings (SSSR count). The Morgan fingerprint density at radius 3 is 1.44 bits per heavy atom. The molecule has 0 aliphatic carbocycles. The molecule has 16 heteroatoms. The smallest absolute Gasteiger partial charge is 0.394 e. The minimum atomic E-state index is -7.93. The zero-order chi connectivity index (χ0) is 22.1. The van der Waals surface area contributed by atoms with Gasteiger partial charge in [-0.3, -0.25) is 0 Å². The second kappa shape index (κ2) is 7.77. The van der Waals surface area contributed by atoms with Crippen LogP contribution in [0.1, 0.15) is 6.42 Å². The van der Waals surface area contributed by atoms with Gasteiger partial charge in [-0.15, -0.1) is 0 Å². The van der Waals surface area contributed by atoms with Crippen molar-refractivity contribution in [3.8, 4) is 0 Å². The minimum Gasteiger partial charge on any atom is -0.394 e. The highest BCUT2D eigenvalue weighted by atomic mass is 19.4. The Labute approximate surface area is 141 Å². The van der Waals surface area contributed by atoms with Crippen molar-refractivity contribution in [2.45, 2.75) is 48.3 Å². The molecule has 27 heavy (non-hydrogen) atoms. The summed E-state index contributed by atoms with van der Waals surface area (Å²) in [4.78, 5) is 0. The molecule has 0 heterocycles. The van der Waals surface area contributed by atoms with Crippen LogP contribution in [-0.2, 0) is 4.74 Å². The van der Waals surface area contributed by atoms with E-state index in [-0.39, 0.29) is 0 Å². The van der Waals surface area contributed by atoms with Gasteiger partial charge in [0.2, 0.25) is 0 Å². The molecular weight excluding hydrogens is 427 g/mol. The van der Waals surface area contributed by atoms with Crippen molar-refractivity contribution >= 4 is 0 Å². The molecule has 1 atom stereocenters. The highest BCUT2D eigenvalue weighted by Crippen LogP contribution is 2.60. The van der Waals surface area contributed by atoms with Crippen LogP contribution in [0.25, 0.3) is 0 Å². The van der Waals surface area contributed by atoms with Crippen molar-refractivity contribution in [1.29, 1.82) is 0 Å².